The van der Waals surface area contributed by atoms with E-state index in [9.17, 15) is 4.79 Å². The van der Waals surface area contributed by atoms with Crippen LogP contribution >= 0.6 is 27.5 Å². The highest BCUT2D eigenvalue weighted by atomic mass is 79.9. The lowest BCUT2D eigenvalue weighted by molar-refractivity contribution is 0.103. The molecule has 0 aliphatic carbocycles. The van der Waals surface area contributed by atoms with Crippen LogP contribution in [0.25, 0.3) is 10.9 Å². The highest BCUT2D eigenvalue weighted by Gasteiger charge is 2.19. The minimum atomic E-state index is -0.110. The number of benzene rings is 2. The third-order valence-corrected chi connectivity index (χ3v) is 4.20. The fraction of sp³-hybridized carbons (Fsp3) is 0.0625. The van der Waals surface area contributed by atoms with E-state index >= 15 is 0 Å². The molecule has 0 bridgehead atoms. The summed E-state index contributed by atoms with van der Waals surface area (Å²) in [5, 5.41) is 1.39. The summed E-state index contributed by atoms with van der Waals surface area (Å²) in [5.74, 6) is 0.357. The zero-order valence-electron chi connectivity index (χ0n) is 11.1. The van der Waals surface area contributed by atoms with E-state index in [4.69, 9.17) is 16.3 Å². The van der Waals surface area contributed by atoms with Gasteiger partial charge in [-0.3, -0.25) is 4.79 Å². The van der Waals surface area contributed by atoms with Crippen LogP contribution in [-0.4, -0.2) is 17.9 Å². The summed E-state index contributed by atoms with van der Waals surface area (Å²) in [6.45, 7) is 0. The van der Waals surface area contributed by atoms with Crippen molar-refractivity contribution in [2.45, 2.75) is 0 Å². The molecule has 0 fully saturated rings. The lowest BCUT2D eigenvalue weighted by atomic mass is 10.0. The van der Waals surface area contributed by atoms with Gasteiger partial charge in [-0.05, 0) is 30.3 Å². The molecule has 5 heteroatoms. The van der Waals surface area contributed by atoms with Crippen LogP contribution in [0.2, 0.25) is 5.02 Å². The molecule has 3 rings (SSSR count). The minimum absolute atomic E-state index is 0.110. The SMILES string of the molecule is COc1cc(Cl)ccc1C(=O)c1c[nH]c2cccc(Br)c12. The van der Waals surface area contributed by atoms with Gasteiger partial charge < -0.3 is 9.72 Å². The Morgan fingerprint density at radius 3 is 2.81 bits per heavy atom. The van der Waals surface area contributed by atoms with Gasteiger partial charge in [0.05, 0.1) is 12.7 Å². The third kappa shape index (κ3) is 2.45. The van der Waals surface area contributed by atoms with Crippen molar-refractivity contribution >= 4 is 44.2 Å². The maximum atomic E-state index is 12.8. The molecule has 21 heavy (non-hydrogen) atoms. The first-order valence-electron chi connectivity index (χ1n) is 6.25. The molecule has 1 aromatic heterocycles. The van der Waals surface area contributed by atoms with E-state index in [0.717, 1.165) is 15.4 Å². The number of ketones is 1. The molecule has 0 saturated heterocycles. The fourth-order valence-corrected chi connectivity index (χ4v) is 3.06. The quantitative estimate of drug-likeness (QED) is 0.677. The monoisotopic (exact) mass is 363 g/mol. The lowest BCUT2D eigenvalue weighted by Gasteiger charge is -2.08. The number of rotatable bonds is 3. The van der Waals surface area contributed by atoms with Crippen LogP contribution < -0.4 is 4.74 Å². The molecular weight excluding hydrogens is 354 g/mol. The number of ether oxygens (including phenoxy) is 1. The van der Waals surface area contributed by atoms with E-state index in [1.165, 1.54) is 7.11 Å². The fourth-order valence-electron chi connectivity index (χ4n) is 2.32. The molecule has 0 spiro atoms. The van der Waals surface area contributed by atoms with Crippen molar-refractivity contribution in [1.29, 1.82) is 0 Å². The standard InChI is InChI=1S/C16H11BrClNO2/c1-21-14-7-9(18)5-6-10(14)16(20)11-8-19-13-4-2-3-12(17)15(11)13/h2-8,19H,1H3. The molecule has 3 aromatic rings. The third-order valence-electron chi connectivity index (χ3n) is 3.31. The maximum absolute atomic E-state index is 12.8. The summed E-state index contributed by atoms with van der Waals surface area (Å²) in [5.41, 5.74) is 1.98. The van der Waals surface area contributed by atoms with Crippen LogP contribution in [0.3, 0.4) is 0 Å². The number of hydrogen-bond donors (Lipinski definition) is 1. The van der Waals surface area contributed by atoms with Gasteiger partial charge in [-0.25, -0.2) is 0 Å². The second-order valence-corrected chi connectivity index (χ2v) is 5.83. The van der Waals surface area contributed by atoms with Gasteiger partial charge in [0.2, 0.25) is 0 Å². The summed E-state index contributed by atoms with van der Waals surface area (Å²) < 4.78 is 6.13. The molecule has 0 unspecified atom stereocenters. The molecule has 0 saturated carbocycles. The first kappa shape index (κ1) is 14.2. The number of hydrogen-bond acceptors (Lipinski definition) is 2. The molecule has 1 heterocycles. The summed E-state index contributed by atoms with van der Waals surface area (Å²) in [7, 11) is 1.52. The van der Waals surface area contributed by atoms with E-state index < -0.39 is 0 Å². The Kier molecular flexibility index (Phi) is 3.74. The predicted molar refractivity (Wildman–Crippen MR) is 87.4 cm³/mol. The van der Waals surface area contributed by atoms with Gasteiger partial charge in [0.15, 0.2) is 5.78 Å². The topological polar surface area (TPSA) is 42.1 Å². The van der Waals surface area contributed by atoms with Gasteiger partial charge in [0.1, 0.15) is 5.75 Å². The van der Waals surface area contributed by atoms with E-state index in [0.29, 0.717) is 21.9 Å². The summed E-state index contributed by atoms with van der Waals surface area (Å²) in [6.07, 6.45) is 1.71. The first-order valence-corrected chi connectivity index (χ1v) is 7.42. The molecule has 0 atom stereocenters. The summed E-state index contributed by atoms with van der Waals surface area (Å²) in [6, 6.07) is 10.8. The Morgan fingerprint density at radius 1 is 1.24 bits per heavy atom. The van der Waals surface area contributed by atoms with Crippen molar-refractivity contribution in [3.8, 4) is 5.75 Å². The van der Waals surface area contributed by atoms with Gasteiger partial charge >= 0.3 is 0 Å². The normalized spacial score (nSPS) is 10.8. The van der Waals surface area contributed by atoms with Crippen molar-refractivity contribution in [1.82, 2.24) is 4.98 Å². The average Bonchev–Trinajstić information content (AvgIpc) is 2.92. The molecule has 0 radical (unpaired) electrons. The Morgan fingerprint density at radius 2 is 2.05 bits per heavy atom. The van der Waals surface area contributed by atoms with Crippen molar-refractivity contribution < 1.29 is 9.53 Å². The number of carbonyl (C=O) groups excluding carboxylic acids is 1. The lowest BCUT2D eigenvalue weighted by Crippen LogP contribution is -2.03. The van der Waals surface area contributed by atoms with Crippen LogP contribution in [0.4, 0.5) is 0 Å². The van der Waals surface area contributed by atoms with Crippen molar-refractivity contribution in [3.05, 3.63) is 63.2 Å². The van der Waals surface area contributed by atoms with Crippen molar-refractivity contribution in [2.24, 2.45) is 0 Å². The second kappa shape index (κ2) is 5.54. The maximum Gasteiger partial charge on any atom is 0.198 e. The molecule has 3 nitrogen and oxygen atoms in total. The van der Waals surface area contributed by atoms with Crippen LogP contribution in [0, 0.1) is 0 Å². The summed E-state index contributed by atoms with van der Waals surface area (Å²) in [4.78, 5) is 15.9. The van der Waals surface area contributed by atoms with E-state index in [2.05, 4.69) is 20.9 Å². The largest absolute Gasteiger partial charge is 0.496 e. The Labute approximate surface area is 135 Å². The number of nitrogens with one attached hydrogen (secondary N) is 1. The Hall–Kier alpha value is -1.78. The van der Waals surface area contributed by atoms with Gasteiger partial charge in [-0.2, -0.15) is 0 Å². The molecule has 0 aliphatic rings. The van der Waals surface area contributed by atoms with Crippen LogP contribution in [0.15, 0.2) is 47.1 Å². The highest BCUT2D eigenvalue weighted by molar-refractivity contribution is 9.10. The van der Waals surface area contributed by atoms with Crippen LogP contribution in [0.5, 0.6) is 5.75 Å². The summed E-state index contributed by atoms with van der Waals surface area (Å²) >= 11 is 9.43. The number of aromatic nitrogens is 1. The number of fused-ring (bicyclic) bond motifs is 1. The van der Waals surface area contributed by atoms with Crippen LogP contribution in [-0.2, 0) is 0 Å². The molecule has 0 aliphatic heterocycles. The van der Waals surface area contributed by atoms with E-state index in [-0.39, 0.29) is 5.78 Å². The number of halogens is 2. The zero-order chi connectivity index (χ0) is 15.0. The number of methoxy groups -OCH3 is 1. The molecule has 0 amide bonds. The smallest absolute Gasteiger partial charge is 0.198 e. The molecule has 106 valence electrons. The van der Waals surface area contributed by atoms with E-state index in [1.54, 1.807) is 24.4 Å². The second-order valence-electron chi connectivity index (χ2n) is 4.54. The number of carbonyl (C=O) groups is 1. The van der Waals surface area contributed by atoms with Crippen molar-refractivity contribution in [3.63, 3.8) is 0 Å². The van der Waals surface area contributed by atoms with Crippen molar-refractivity contribution in [2.75, 3.05) is 7.11 Å². The molecular formula is C16H11BrClNO2. The highest BCUT2D eigenvalue weighted by Crippen LogP contribution is 2.31. The van der Waals surface area contributed by atoms with E-state index in [1.807, 2.05) is 18.2 Å². The zero-order valence-corrected chi connectivity index (χ0v) is 13.5. The van der Waals surface area contributed by atoms with Gasteiger partial charge in [-0.15, -0.1) is 0 Å². The minimum Gasteiger partial charge on any atom is -0.496 e. The number of H-pyrrole nitrogens is 1. The van der Waals surface area contributed by atoms with Gasteiger partial charge in [0.25, 0.3) is 0 Å². The molecule has 1 N–H and O–H groups in total. The van der Waals surface area contributed by atoms with Crippen LogP contribution in [0.1, 0.15) is 15.9 Å². The van der Waals surface area contributed by atoms with Gasteiger partial charge in [-0.1, -0.05) is 33.6 Å². The number of aromatic amines is 1. The first-order chi connectivity index (χ1) is 10.1. The average molecular weight is 365 g/mol. The van der Waals surface area contributed by atoms with Gasteiger partial charge in [0, 0.05) is 32.2 Å². The Bertz CT molecular complexity index is 841. The molecule has 2 aromatic carbocycles. The predicted octanol–water partition coefficient (Wildman–Crippen LogP) is 4.82. The Balaban J connectivity index is 2.17.